The van der Waals surface area contributed by atoms with Crippen molar-refractivity contribution in [2.24, 2.45) is 0 Å². The Bertz CT molecular complexity index is 621. The molecule has 0 aromatic heterocycles. The first-order valence-corrected chi connectivity index (χ1v) is 7.45. The van der Waals surface area contributed by atoms with Crippen molar-refractivity contribution in [1.82, 2.24) is 10.2 Å². The molecule has 3 rings (SSSR count). The normalized spacial score (nSPS) is 20.3. The number of hydrogen-bond acceptors (Lipinski definition) is 3. The van der Waals surface area contributed by atoms with Crippen LogP contribution in [0, 0.1) is 5.82 Å². The van der Waals surface area contributed by atoms with E-state index in [9.17, 15) is 18.8 Å². The van der Waals surface area contributed by atoms with Gasteiger partial charge in [0, 0.05) is 5.56 Å². The van der Waals surface area contributed by atoms with E-state index in [0.29, 0.717) is 12.8 Å². The number of rotatable bonds is 3. The molecular weight excluding hydrogens is 287 g/mol. The second-order valence-corrected chi connectivity index (χ2v) is 5.89. The van der Waals surface area contributed by atoms with Gasteiger partial charge >= 0.3 is 6.03 Å². The summed E-state index contributed by atoms with van der Waals surface area (Å²) in [5.41, 5.74) is -0.537. The molecule has 1 aliphatic heterocycles. The number of benzene rings is 1. The average molecular weight is 304 g/mol. The van der Waals surface area contributed by atoms with Crippen LogP contribution in [-0.4, -0.2) is 34.7 Å². The van der Waals surface area contributed by atoms with Crippen molar-refractivity contribution < 1.29 is 18.8 Å². The fourth-order valence-corrected chi connectivity index (χ4v) is 3.18. The number of imide groups is 1. The van der Waals surface area contributed by atoms with Gasteiger partial charge in [0.15, 0.2) is 5.78 Å². The van der Waals surface area contributed by atoms with Gasteiger partial charge in [-0.05, 0) is 37.1 Å². The van der Waals surface area contributed by atoms with Gasteiger partial charge in [0.1, 0.15) is 11.4 Å². The van der Waals surface area contributed by atoms with Gasteiger partial charge in [-0.3, -0.25) is 14.5 Å². The van der Waals surface area contributed by atoms with E-state index in [0.717, 1.165) is 24.2 Å². The van der Waals surface area contributed by atoms with Crippen molar-refractivity contribution in [3.63, 3.8) is 0 Å². The second kappa shape index (κ2) is 5.51. The summed E-state index contributed by atoms with van der Waals surface area (Å²) in [6.45, 7) is -0.307. The fourth-order valence-electron chi connectivity index (χ4n) is 3.18. The highest BCUT2D eigenvalue weighted by Gasteiger charge is 2.51. The summed E-state index contributed by atoms with van der Waals surface area (Å²) in [6, 6.07) is 4.56. The van der Waals surface area contributed by atoms with E-state index in [4.69, 9.17) is 0 Å². The molecular formula is C16H17FN2O3. The Morgan fingerprint density at radius 2 is 1.77 bits per heavy atom. The van der Waals surface area contributed by atoms with E-state index in [2.05, 4.69) is 5.32 Å². The maximum Gasteiger partial charge on any atom is 0.325 e. The summed E-state index contributed by atoms with van der Waals surface area (Å²) in [5.74, 6) is -1.13. The van der Waals surface area contributed by atoms with Crippen LogP contribution in [0.15, 0.2) is 24.3 Å². The van der Waals surface area contributed by atoms with Crippen LogP contribution in [-0.2, 0) is 4.79 Å². The van der Waals surface area contributed by atoms with Gasteiger partial charge < -0.3 is 5.32 Å². The standard InChI is InChI=1S/C16H17FN2O3/c17-12-6-4-11(5-7-12)13(20)10-19-14(21)16(18-15(19)22)8-2-1-3-9-16/h4-7H,1-3,8-10H2,(H,18,22). The summed E-state index contributed by atoms with van der Waals surface area (Å²) < 4.78 is 12.9. The molecule has 116 valence electrons. The highest BCUT2D eigenvalue weighted by Crippen LogP contribution is 2.33. The molecule has 1 aliphatic carbocycles. The first kappa shape index (κ1) is 14.7. The number of nitrogens with one attached hydrogen (secondary N) is 1. The lowest BCUT2D eigenvalue weighted by molar-refractivity contribution is -0.132. The minimum Gasteiger partial charge on any atom is -0.323 e. The number of carbonyl (C=O) groups excluding carboxylic acids is 3. The predicted molar refractivity (Wildman–Crippen MR) is 76.8 cm³/mol. The highest BCUT2D eigenvalue weighted by atomic mass is 19.1. The Hall–Kier alpha value is -2.24. The molecule has 3 amide bonds. The third-order valence-corrected chi connectivity index (χ3v) is 4.42. The van der Waals surface area contributed by atoms with Gasteiger partial charge in [-0.25, -0.2) is 9.18 Å². The smallest absolute Gasteiger partial charge is 0.323 e. The zero-order chi connectivity index (χ0) is 15.7. The Morgan fingerprint density at radius 1 is 1.14 bits per heavy atom. The summed E-state index contributed by atoms with van der Waals surface area (Å²) in [6.07, 6.45) is 4.09. The minimum atomic E-state index is -0.821. The maximum absolute atomic E-state index is 12.9. The molecule has 2 aliphatic rings. The van der Waals surface area contributed by atoms with Crippen LogP contribution < -0.4 is 5.32 Å². The Balaban J connectivity index is 1.74. The average Bonchev–Trinajstić information content (AvgIpc) is 2.73. The van der Waals surface area contributed by atoms with Crippen LogP contribution in [0.2, 0.25) is 0 Å². The van der Waals surface area contributed by atoms with Gasteiger partial charge in [-0.1, -0.05) is 19.3 Å². The van der Waals surface area contributed by atoms with E-state index in [1.165, 1.54) is 24.3 Å². The van der Waals surface area contributed by atoms with Gasteiger partial charge in [0.05, 0.1) is 6.54 Å². The summed E-state index contributed by atoms with van der Waals surface area (Å²) in [7, 11) is 0. The molecule has 0 unspecified atom stereocenters. The molecule has 1 heterocycles. The van der Waals surface area contributed by atoms with Crippen molar-refractivity contribution in [3.8, 4) is 0 Å². The van der Waals surface area contributed by atoms with Gasteiger partial charge in [0.25, 0.3) is 5.91 Å². The zero-order valence-corrected chi connectivity index (χ0v) is 12.1. The van der Waals surface area contributed by atoms with Gasteiger partial charge in [-0.15, -0.1) is 0 Å². The van der Waals surface area contributed by atoms with Gasteiger partial charge in [-0.2, -0.15) is 0 Å². The number of ketones is 1. The molecule has 1 saturated heterocycles. The number of Topliss-reactive ketones (excluding diaryl/α,β-unsaturated/α-hetero) is 1. The molecule has 2 fully saturated rings. The molecule has 0 atom stereocenters. The van der Waals surface area contributed by atoms with Crippen LogP contribution >= 0.6 is 0 Å². The van der Waals surface area contributed by atoms with Crippen LogP contribution in [0.4, 0.5) is 9.18 Å². The Morgan fingerprint density at radius 3 is 2.41 bits per heavy atom. The molecule has 0 bridgehead atoms. The first-order valence-electron chi connectivity index (χ1n) is 7.45. The summed E-state index contributed by atoms with van der Waals surface area (Å²) in [4.78, 5) is 37.8. The van der Waals surface area contributed by atoms with Crippen molar-refractivity contribution in [1.29, 1.82) is 0 Å². The number of halogens is 1. The predicted octanol–water partition coefficient (Wildman–Crippen LogP) is 2.26. The Kier molecular flexibility index (Phi) is 3.68. The van der Waals surface area contributed by atoms with Crippen molar-refractivity contribution >= 4 is 17.7 Å². The van der Waals surface area contributed by atoms with Gasteiger partial charge in [0.2, 0.25) is 0 Å². The van der Waals surface area contributed by atoms with Crippen LogP contribution in [0.3, 0.4) is 0 Å². The molecule has 1 N–H and O–H groups in total. The lowest BCUT2D eigenvalue weighted by Crippen LogP contribution is -2.48. The topological polar surface area (TPSA) is 66.5 Å². The summed E-state index contributed by atoms with van der Waals surface area (Å²) >= 11 is 0. The zero-order valence-electron chi connectivity index (χ0n) is 12.1. The Labute approximate surface area is 127 Å². The maximum atomic E-state index is 12.9. The summed E-state index contributed by atoms with van der Waals surface area (Å²) in [5, 5.41) is 2.76. The molecule has 1 spiro atoms. The molecule has 0 radical (unpaired) electrons. The van der Waals surface area contributed by atoms with Crippen LogP contribution in [0.25, 0.3) is 0 Å². The first-order chi connectivity index (χ1) is 10.5. The monoisotopic (exact) mass is 304 g/mol. The number of hydrogen-bond donors (Lipinski definition) is 1. The molecule has 5 nitrogen and oxygen atoms in total. The van der Waals surface area contributed by atoms with E-state index in [-0.39, 0.29) is 23.8 Å². The highest BCUT2D eigenvalue weighted by molar-refractivity contribution is 6.11. The van der Waals surface area contributed by atoms with Crippen molar-refractivity contribution in [2.75, 3.05) is 6.54 Å². The largest absolute Gasteiger partial charge is 0.325 e. The van der Waals surface area contributed by atoms with E-state index in [1.54, 1.807) is 0 Å². The lowest BCUT2D eigenvalue weighted by Gasteiger charge is -2.30. The van der Waals surface area contributed by atoms with Crippen molar-refractivity contribution in [3.05, 3.63) is 35.6 Å². The minimum absolute atomic E-state index is 0.284. The number of nitrogens with zero attached hydrogens (tertiary/aromatic N) is 1. The molecule has 1 saturated carbocycles. The molecule has 6 heteroatoms. The number of carbonyl (C=O) groups is 3. The number of amides is 3. The lowest BCUT2D eigenvalue weighted by atomic mass is 9.82. The van der Waals surface area contributed by atoms with Crippen molar-refractivity contribution in [2.45, 2.75) is 37.6 Å². The third-order valence-electron chi connectivity index (χ3n) is 4.42. The fraction of sp³-hybridized carbons (Fsp3) is 0.438. The quantitative estimate of drug-likeness (QED) is 0.688. The SMILES string of the molecule is O=C(CN1C(=O)NC2(CCCCC2)C1=O)c1ccc(F)cc1. The van der Waals surface area contributed by atoms with Crippen LogP contribution in [0.1, 0.15) is 42.5 Å². The van der Waals surface area contributed by atoms with E-state index < -0.39 is 17.4 Å². The second-order valence-electron chi connectivity index (χ2n) is 5.89. The third kappa shape index (κ3) is 2.49. The van der Waals surface area contributed by atoms with E-state index >= 15 is 0 Å². The number of urea groups is 1. The van der Waals surface area contributed by atoms with Crippen LogP contribution in [0.5, 0.6) is 0 Å². The molecule has 1 aromatic rings. The molecule has 22 heavy (non-hydrogen) atoms. The molecule has 1 aromatic carbocycles. The van der Waals surface area contributed by atoms with E-state index in [1.807, 2.05) is 0 Å².